The number of nitrogens with zero attached hydrogens (tertiary/aromatic N) is 3. The number of azide groups is 1. The third-order valence-corrected chi connectivity index (χ3v) is 3.18. The fourth-order valence-corrected chi connectivity index (χ4v) is 2.32. The zero-order valence-electron chi connectivity index (χ0n) is 10.1. The molecule has 0 aromatic heterocycles. The van der Waals surface area contributed by atoms with Crippen molar-refractivity contribution >= 4 is 5.78 Å². The van der Waals surface area contributed by atoms with Gasteiger partial charge >= 0.3 is 0 Å². The fraction of sp³-hybridized carbons (Fsp3) is 0.308. The number of fused-ring (bicyclic) bond motifs is 1. The molecule has 0 saturated carbocycles. The smallest absolute Gasteiger partial charge is 0.175 e. The van der Waals surface area contributed by atoms with E-state index in [-0.39, 0.29) is 5.78 Å². The molecule has 1 aliphatic carbocycles. The zero-order chi connectivity index (χ0) is 13.2. The number of carbonyl (C=O) groups excluding carboxylic acids is 1. The number of hydrogen-bond donors (Lipinski definition) is 0. The number of Topliss-reactive ketones (excluding diaryl/α,β-unsaturated/α-hetero) is 1. The lowest BCUT2D eigenvalue weighted by atomic mass is 9.92. The largest absolute Gasteiger partial charge is 0.497 e. The van der Waals surface area contributed by atoms with Crippen LogP contribution >= 0.6 is 0 Å². The summed E-state index contributed by atoms with van der Waals surface area (Å²) >= 11 is 0. The molecule has 5 nitrogen and oxygen atoms in total. The van der Waals surface area contributed by atoms with Crippen LogP contribution in [0.1, 0.15) is 22.3 Å². The Morgan fingerprint density at radius 1 is 1.67 bits per heavy atom. The number of ether oxygens (including phenoxy) is 1. The first-order valence-electron chi connectivity index (χ1n) is 5.56. The summed E-state index contributed by atoms with van der Waals surface area (Å²) in [5.41, 5.74) is 9.07. The lowest BCUT2D eigenvalue weighted by molar-refractivity contribution is 0.0909. The Kier molecular flexibility index (Phi) is 3.08. The Morgan fingerprint density at radius 2 is 2.44 bits per heavy atom. The van der Waals surface area contributed by atoms with Gasteiger partial charge in [0.15, 0.2) is 5.78 Å². The second-order valence-electron chi connectivity index (χ2n) is 4.24. The van der Waals surface area contributed by atoms with Gasteiger partial charge in [0.05, 0.1) is 7.11 Å². The molecule has 1 aromatic carbocycles. The second kappa shape index (κ2) is 4.55. The van der Waals surface area contributed by atoms with Crippen molar-refractivity contribution in [3.8, 4) is 5.75 Å². The van der Waals surface area contributed by atoms with Crippen LogP contribution in [0, 0.1) is 0 Å². The number of benzene rings is 1. The highest BCUT2D eigenvalue weighted by Gasteiger charge is 2.44. The number of carbonyl (C=O) groups is 1. The van der Waals surface area contributed by atoms with Crippen molar-refractivity contribution in [2.24, 2.45) is 5.11 Å². The van der Waals surface area contributed by atoms with Crippen molar-refractivity contribution in [1.29, 1.82) is 0 Å². The zero-order valence-corrected chi connectivity index (χ0v) is 10.1. The molecule has 0 saturated heterocycles. The van der Waals surface area contributed by atoms with Crippen molar-refractivity contribution in [1.82, 2.24) is 0 Å². The summed E-state index contributed by atoms with van der Waals surface area (Å²) in [5.74, 6) is 0.551. The molecule has 0 unspecified atom stereocenters. The molecule has 0 fully saturated rings. The Morgan fingerprint density at radius 3 is 3.06 bits per heavy atom. The summed E-state index contributed by atoms with van der Waals surface area (Å²) in [5, 5.41) is 3.72. The maximum Gasteiger partial charge on any atom is 0.175 e. The first-order chi connectivity index (χ1) is 8.66. The Bertz CT molecular complexity index is 561. The summed E-state index contributed by atoms with van der Waals surface area (Å²) in [6.45, 7) is 3.62. The molecule has 1 aromatic rings. The minimum atomic E-state index is -1.05. The van der Waals surface area contributed by atoms with Gasteiger partial charge in [0.2, 0.25) is 0 Å². The minimum Gasteiger partial charge on any atom is -0.497 e. The maximum absolute atomic E-state index is 12.3. The van der Waals surface area contributed by atoms with Gasteiger partial charge < -0.3 is 4.74 Å². The van der Waals surface area contributed by atoms with Crippen LogP contribution in [0.15, 0.2) is 36.0 Å². The minimum absolute atomic E-state index is 0.141. The van der Waals surface area contributed by atoms with E-state index in [4.69, 9.17) is 10.3 Å². The summed E-state index contributed by atoms with van der Waals surface area (Å²) < 4.78 is 5.13. The van der Waals surface area contributed by atoms with E-state index >= 15 is 0 Å². The molecule has 92 valence electrons. The molecule has 0 aliphatic heterocycles. The Hall–Kier alpha value is -2.26. The van der Waals surface area contributed by atoms with Gasteiger partial charge in [-0.25, -0.2) is 0 Å². The van der Waals surface area contributed by atoms with Gasteiger partial charge in [0, 0.05) is 10.5 Å². The van der Waals surface area contributed by atoms with E-state index in [1.165, 1.54) is 0 Å². The van der Waals surface area contributed by atoms with E-state index < -0.39 is 5.54 Å². The van der Waals surface area contributed by atoms with Crippen molar-refractivity contribution in [3.63, 3.8) is 0 Å². The fourth-order valence-electron chi connectivity index (χ4n) is 2.32. The lowest BCUT2D eigenvalue weighted by Crippen LogP contribution is -2.32. The number of rotatable bonds is 4. The molecule has 0 radical (unpaired) electrons. The van der Waals surface area contributed by atoms with E-state index in [1.807, 2.05) is 6.07 Å². The first-order valence-corrected chi connectivity index (χ1v) is 5.56. The predicted octanol–water partition coefficient (Wildman–Crippen LogP) is 3.06. The molecule has 0 N–H and O–H groups in total. The quantitative estimate of drug-likeness (QED) is 0.352. The van der Waals surface area contributed by atoms with Gasteiger partial charge in [-0.3, -0.25) is 4.79 Å². The molecular formula is C13H13N3O2. The topological polar surface area (TPSA) is 75.1 Å². The number of ketones is 1. The maximum atomic E-state index is 12.3. The molecule has 1 aliphatic rings. The molecular weight excluding hydrogens is 230 g/mol. The average molecular weight is 243 g/mol. The van der Waals surface area contributed by atoms with E-state index in [2.05, 4.69) is 16.6 Å². The predicted molar refractivity (Wildman–Crippen MR) is 67.7 cm³/mol. The Labute approximate surface area is 105 Å². The van der Waals surface area contributed by atoms with Gasteiger partial charge in [0.1, 0.15) is 11.3 Å². The van der Waals surface area contributed by atoms with Gasteiger partial charge in [-0.2, -0.15) is 0 Å². The lowest BCUT2D eigenvalue weighted by Gasteiger charge is -2.18. The highest BCUT2D eigenvalue weighted by Crippen LogP contribution is 2.37. The van der Waals surface area contributed by atoms with E-state index in [1.54, 1.807) is 25.3 Å². The molecule has 0 spiro atoms. The number of methoxy groups -OCH3 is 1. The standard InChI is InChI=1S/C13H13N3O2/c1-3-6-13(15-16-14)8-9-7-10(18-2)4-5-11(9)12(13)17/h3-5,7H,1,6,8H2,2H3/t13-/m1/s1. The van der Waals surface area contributed by atoms with E-state index in [0.29, 0.717) is 24.2 Å². The molecule has 1 atom stereocenters. The molecule has 5 heteroatoms. The van der Waals surface area contributed by atoms with Crippen LogP contribution in [-0.4, -0.2) is 18.4 Å². The normalized spacial score (nSPS) is 21.1. The second-order valence-corrected chi connectivity index (χ2v) is 4.24. The van der Waals surface area contributed by atoms with Gasteiger partial charge in [-0.15, -0.1) is 6.58 Å². The van der Waals surface area contributed by atoms with Gasteiger partial charge in [-0.05, 0) is 42.1 Å². The molecule has 0 heterocycles. The van der Waals surface area contributed by atoms with Crippen molar-refractivity contribution in [3.05, 3.63) is 52.4 Å². The summed E-state index contributed by atoms with van der Waals surface area (Å²) in [4.78, 5) is 15.2. The van der Waals surface area contributed by atoms with Crippen LogP contribution < -0.4 is 4.74 Å². The number of hydrogen-bond acceptors (Lipinski definition) is 3. The van der Waals surface area contributed by atoms with Crippen LogP contribution in [0.3, 0.4) is 0 Å². The van der Waals surface area contributed by atoms with Crippen LogP contribution in [0.5, 0.6) is 5.75 Å². The average Bonchev–Trinajstić information content (AvgIpc) is 2.63. The summed E-state index contributed by atoms with van der Waals surface area (Å²) in [7, 11) is 1.57. The van der Waals surface area contributed by atoms with Crippen molar-refractivity contribution in [2.45, 2.75) is 18.4 Å². The highest BCUT2D eigenvalue weighted by atomic mass is 16.5. The van der Waals surface area contributed by atoms with Crippen LogP contribution in [0.2, 0.25) is 0 Å². The van der Waals surface area contributed by atoms with Gasteiger partial charge in [0.25, 0.3) is 0 Å². The summed E-state index contributed by atoms with van der Waals surface area (Å²) in [6.07, 6.45) is 2.34. The monoisotopic (exact) mass is 243 g/mol. The molecule has 0 bridgehead atoms. The van der Waals surface area contributed by atoms with E-state index in [9.17, 15) is 4.79 Å². The molecule has 18 heavy (non-hydrogen) atoms. The Balaban J connectivity index is 2.50. The van der Waals surface area contributed by atoms with Crippen LogP contribution in [0.4, 0.5) is 0 Å². The SMILES string of the molecule is C=CC[C@@]1(N=[N+]=[N-])Cc2cc(OC)ccc2C1=O. The van der Waals surface area contributed by atoms with Gasteiger partial charge in [-0.1, -0.05) is 11.2 Å². The first kappa shape index (κ1) is 12.2. The highest BCUT2D eigenvalue weighted by molar-refractivity contribution is 6.08. The molecule has 0 amide bonds. The van der Waals surface area contributed by atoms with Crippen molar-refractivity contribution < 1.29 is 9.53 Å². The molecule has 2 rings (SSSR count). The summed E-state index contributed by atoms with van der Waals surface area (Å²) in [6, 6.07) is 5.26. The third-order valence-electron chi connectivity index (χ3n) is 3.18. The third kappa shape index (κ3) is 1.75. The van der Waals surface area contributed by atoms with E-state index in [0.717, 1.165) is 5.56 Å². The van der Waals surface area contributed by atoms with Crippen molar-refractivity contribution in [2.75, 3.05) is 7.11 Å². The van der Waals surface area contributed by atoms with Crippen LogP contribution in [-0.2, 0) is 6.42 Å². The van der Waals surface area contributed by atoms with Crippen LogP contribution in [0.25, 0.3) is 10.4 Å².